The molecule has 23 heavy (non-hydrogen) atoms. The smallest absolute Gasteiger partial charge is 0.259 e. The second-order valence-electron chi connectivity index (χ2n) is 4.79. The van der Waals surface area contributed by atoms with Crippen LogP contribution in [0.15, 0.2) is 48.5 Å². The van der Waals surface area contributed by atoms with Crippen LogP contribution >= 0.6 is 0 Å². The Bertz CT molecular complexity index is 701. The Labute approximate surface area is 134 Å². The van der Waals surface area contributed by atoms with Crippen LogP contribution < -0.4 is 21.1 Å². The fraction of sp³-hybridized carbons (Fsp3) is 0.176. The van der Waals surface area contributed by atoms with Gasteiger partial charge >= 0.3 is 0 Å². The van der Waals surface area contributed by atoms with Crippen molar-refractivity contribution in [1.29, 1.82) is 0 Å². The van der Waals surface area contributed by atoms with Crippen molar-refractivity contribution < 1.29 is 14.3 Å². The van der Waals surface area contributed by atoms with Gasteiger partial charge in [0.05, 0.1) is 24.0 Å². The van der Waals surface area contributed by atoms with Gasteiger partial charge in [0.25, 0.3) is 5.91 Å². The van der Waals surface area contributed by atoms with Crippen molar-refractivity contribution >= 4 is 23.2 Å². The Kier molecular flexibility index (Phi) is 5.71. The Morgan fingerprint density at radius 3 is 2.26 bits per heavy atom. The molecule has 0 fully saturated rings. The summed E-state index contributed by atoms with van der Waals surface area (Å²) in [7, 11) is 1.51. The average Bonchev–Trinajstić information content (AvgIpc) is 2.56. The van der Waals surface area contributed by atoms with Gasteiger partial charge in [-0.3, -0.25) is 9.59 Å². The Morgan fingerprint density at radius 2 is 1.61 bits per heavy atom. The number of methoxy groups -OCH3 is 1. The van der Waals surface area contributed by atoms with Crippen LogP contribution in [-0.4, -0.2) is 25.5 Å². The van der Waals surface area contributed by atoms with Gasteiger partial charge < -0.3 is 21.1 Å². The molecule has 0 heterocycles. The molecule has 4 N–H and O–H groups in total. The van der Waals surface area contributed by atoms with Crippen molar-refractivity contribution in [2.45, 2.75) is 6.42 Å². The lowest BCUT2D eigenvalue weighted by Crippen LogP contribution is -2.19. The van der Waals surface area contributed by atoms with Crippen LogP contribution in [0.5, 0.6) is 5.75 Å². The number of nitrogens with one attached hydrogen (secondary N) is 2. The van der Waals surface area contributed by atoms with Crippen LogP contribution in [0, 0.1) is 0 Å². The zero-order valence-corrected chi connectivity index (χ0v) is 12.8. The molecule has 0 radical (unpaired) electrons. The number of carbonyl (C=O) groups excluding carboxylic acids is 2. The van der Waals surface area contributed by atoms with Gasteiger partial charge in [0.15, 0.2) is 0 Å². The standard InChI is InChI=1S/C17H19N3O3/c1-23-15-9-5-2-6-12(15)17(22)20-14-8-4-3-7-13(14)19-16(21)10-11-18/h2-9H,10-11,18H2,1H3,(H,19,21)(H,20,22). The van der Waals surface area contributed by atoms with E-state index in [4.69, 9.17) is 10.5 Å². The molecule has 2 aromatic carbocycles. The maximum atomic E-state index is 12.4. The first-order valence-corrected chi connectivity index (χ1v) is 7.19. The molecule has 0 spiro atoms. The summed E-state index contributed by atoms with van der Waals surface area (Å²) in [5.41, 5.74) is 6.81. The largest absolute Gasteiger partial charge is 0.496 e. The van der Waals surface area contributed by atoms with Gasteiger partial charge in [-0.05, 0) is 24.3 Å². The summed E-state index contributed by atoms with van der Waals surface area (Å²) in [6.07, 6.45) is 0.217. The molecule has 0 aromatic heterocycles. The monoisotopic (exact) mass is 313 g/mol. The van der Waals surface area contributed by atoms with Crippen molar-refractivity contribution in [2.75, 3.05) is 24.3 Å². The summed E-state index contributed by atoms with van der Waals surface area (Å²) in [4.78, 5) is 24.1. The van der Waals surface area contributed by atoms with E-state index in [9.17, 15) is 9.59 Å². The summed E-state index contributed by atoms with van der Waals surface area (Å²) in [5.74, 6) is -0.0379. The van der Waals surface area contributed by atoms with E-state index >= 15 is 0 Å². The van der Waals surface area contributed by atoms with E-state index in [1.165, 1.54) is 7.11 Å². The number of rotatable bonds is 6. The van der Waals surface area contributed by atoms with Crippen LogP contribution in [-0.2, 0) is 4.79 Å². The highest BCUT2D eigenvalue weighted by molar-refractivity contribution is 6.08. The number of nitrogens with two attached hydrogens (primary N) is 1. The molecule has 2 rings (SSSR count). The Hall–Kier alpha value is -2.86. The highest BCUT2D eigenvalue weighted by Crippen LogP contribution is 2.24. The topological polar surface area (TPSA) is 93.5 Å². The van der Waals surface area contributed by atoms with E-state index in [1.807, 2.05) is 0 Å². The van der Waals surface area contributed by atoms with Gasteiger partial charge in [0.1, 0.15) is 5.75 Å². The average molecular weight is 313 g/mol. The van der Waals surface area contributed by atoms with E-state index in [0.29, 0.717) is 22.7 Å². The summed E-state index contributed by atoms with van der Waals surface area (Å²) in [6, 6.07) is 13.9. The predicted molar refractivity (Wildman–Crippen MR) is 89.7 cm³/mol. The molecule has 0 atom stereocenters. The van der Waals surface area contributed by atoms with E-state index in [0.717, 1.165) is 0 Å². The normalized spacial score (nSPS) is 10.0. The molecule has 6 nitrogen and oxygen atoms in total. The summed E-state index contributed by atoms with van der Waals surface area (Å²) >= 11 is 0. The lowest BCUT2D eigenvalue weighted by Gasteiger charge is -2.13. The van der Waals surface area contributed by atoms with Gasteiger partial charge in [0.2, 0.25) is 5.91 Å². The first kappa shape index (κ1) is 16.5. The molecule has 120 valence electrons. The van der Waals surface area contributed by atoms with Crippen molar-refractivity contribution in [3.63, 3.8) is 0 Å². The highest BCUT2D eigenvalue weighted by Gasteiger charge is 2.14. The number of amides is 2. The van der Waals surface area contributed by atoms with Gasteiger partial charge in [-0.25, -0.2) is 0 Å². The number of hydrogen-bond acceptors (Lipinski definition) is 4. The number of benzene rings is 2. The zero-order valence-electron chi connectivity index (χ0n) is 12.8. The number of para-hydroxylation sites is 3. The molecule has 0 aliphatic heterocycles. The maximum absolute atomic E-state index is 12.4. The minimum absolute atomic E-state index is 0.202. The van der Waals surface area contributed by atoms with E-state index in [1.54, 1.807) is 48.5 Å². The highest BCUT2D eigenvalue weighted by atomic mass is 16.5. The number of anilines is 2. The number of hydrogen-bond donors (Lipinski definition) is 3. The fourth-order valence-corrected chi connectivity index (χ4v) is 2.07. The molecule has 0 saturated heterocycles. The lowest BCUT2D eigenvalue weighted by atomic mass is 10.1. The number of carbonyl (C=O) groups is 2. The minimum atomic E-state index is -0.317. The third-order valence-electron chi connectivity index (χ3n) is 3.17. The quantitative estimate of drug-likeness (QED) is 0.762. The van der Waals surface area contributed by atoms with Crippen molar-refractivity contribution in [3.05, 3.63) is 54.1 Å². The van der Waals surface area contributed by atoms with Gasteiger partial charge in [-0.15, -0.1) is 0 Å². The molecular formula is C17H19N3O3. The van der Waals surface area contributed by atoms with Crippen LogP contribution in [0.3, 0.4) is 0 Å². The SMILES string of the molecule is COc1ccccc1C(=O)Nc1ccccc1NC(=O)CCN. The summed E-state index contributed by atoms with van der Waals surface area (Å²) in [5, 5.41) is 5.52. The van der Waals surface area contributed by atoms with Crippen molar-refractivity contribution in [3.8, 4) is 5.75 Å². The molecule has 2 amide bonds. The first-order valence-electron chi connectivity index (χ1n) is 7.19. The fourth-order valence-electron chi connectivity index (χ4n) is 2.07. The molecule has 0 saturated carbocycles. The van der Waals surface area contributed by atoms with Crippen molar-refractivity contribution in [1.82, 2.24) is 0 Å². The van der Waals surface area contributed by atoms with Crippen LogP contribution in [0.1, 0.15) is 16.8 Å². The maximum Gasteiger partial charge on any atom is 0.259 e. The second kappa shape index (κ2) is 7.95. The van der Waals surface area contributed by atoms with Crippen LogP contribution in [0.25, 0.3) is 0 Å². The third kappa shape index (κ3) is 4.31. The Morgan fingerprint density at radius 1 is 1.00 bits per heavy atom. The summed E-state index contributed by atoms with van der Waals surface area (Å²) < 4.78 is 5.19. The van der Waals surface area contributed by atoms with E-state index in [2.05, 4.69) is 10.6 Å². The molecule has 0 aliphatic rings. The second-order valence-corrected chi connectivity index (χ2v) is 4.79. The van der Waals surface area contributed by atoms with Gasteiger partial charge in [-0.1, -0.05) is 24.3 Å². The third-order valence-corrected chi connectivity index (χ3v) is 3.17. The molecule has 6 heteroatoms. The molecule has 2 aromatic rings. The van der Waals surface area contributed by atoms with Gasteiger partial charge in [-0.2, -0.15) is 0 Å². The molecular weight excluding hydrogens is 294 g/mol. The lowest BCUT2D eigenvalue weighted by molar-refractivity contribution is -0.116. The first-order chi connectivity index (χ1) is 11.2. The molecule has 0 aliphatic carbocycles. The van der Waals surface area contributed by atoms with Gasteiger partial charge in [0, 0.05) is 13.0 Å². The summed E-state index contributed by atoms with van der Waals surface area (Å²) in [6.45, 7) is 0.265. The van der Waals surface area contributed by atoms with E-state index < -0.39 is 0 Å². The zero-order chi connectivity index (χ0) is 16.7. The van der Waals surface area contributed by atoms with E-state index in [-0.39, 0.29) is 24.8 Å². The minimum Gasteiger partial charge on any atom is -0.496 e. The Balaban J connectivity index is 2.19. The predicted octanol–water partition coefficient (Wildman–Crippen LogP) is 2.23. The van der Waals surface area contributed by atoms with Crippen LogP contribution in [0.4, 0.5) is 11.4 Å². The molecule has 0 bridgehead atoms. The number of ether oxygens (including phenoxy) is 1. The van der Waals surface area contributed by atoms with Crippen LogP contribution in [0.2, 0.25) is 0 Å². The molecule has 0 unspecified atom stereocenters. The van der Waals surface area contributed by atoms with Crippen molar-refractivity contribution in [2.24, 2.45) is 5.73 Å².